The van der Waals surface area contributed by atoms with E-state index >= 15 is 0 Å². The highest BCUT2D eigenvalue weighted by molar-refractivity contribution is 7.99. The molecule has 1 rings (SSSR count). The van der Waals surface area contributed by atoms with Gasteiger partial charge in [0.25, 0.3) is 0 Å². The molecule has 0 saturated heterocycles. The maximum atomic E-state index is 13.5. The average Bonchev–Trinajstić information content (AvgIpc) is 3.08. The van der Waals surface area contributed by atoms with Crippen LogP contribution in [0.1, 0.15) is 103 Å². The first-order chi connectivity index (χ1) is 23.3. The number of carbonyl (C=O) groups is 5. The average molecular weight is 755 g/mol. The third kappa shape index (κ3) is 22.3. The zero-order chi connectivity index (χ0) is 35.3. The van der Waals surface area contributed by atoms with Gasteiger partial charge in [-0.1, -0.05) is 51.4 Å². The molecule has 2 amide bonds. The van der Waals surface area contributed by atoms with E-state index in [1.807, 2.05) is 0 Å². The number of hydrogen-bond acceptors (Lipinski definition) is 13. The Kier molecular flexibility index (Phi) is 27.2. The van der Waals surface area contributed by atoms with Crippen LogP contribution in [0.5, 0.6) is 0 Å². The van der Waals surface area contributed by atoms with E-state index < -0.39 is 49.1 Å². The van der Waals surface area contributed by atoms with Crippen LogP contribution < -0.4 is 10.6 Å². The predicted octanol–water partition coefficient (Wildman–Crippen LogP) is 5.59. The van der Waals surface area contributed by atoms with E-state index in [0.29, 0.717) is 12.3 Å². The second kappa shape index (κ2) is 29.3. The van der Waals surface area contributed by atoms with Gasteiger partial charge in [0.15, 0.2) is 5.41 Å². The number of alkyl carbamates (subject to hydrolysis) is 1. The lowest BCUT2D eigenvalue weighted by Crippen LogP contribution is -2.52. The van der Waals surface area contributed by atoms with E-state index in [1.54, 1.807) is 11.8 Å². The second-order valence-electron chi connectivity index (χ2n) is 12.0. The van der Waals surface area contributed by atoms with Crippen LogP contribution in [-0.4, -0.2) is 97.7 Å². The number of carbonyl (C=O) groups excluding carboxylic acids is 5. The van der Waals surface area contributed by atoms with Gasteiger partial charge < -0.3 is 29.6 Å². The molecule has 0 heterocycles. The van der Waals surface area contributed by atoms with E-state index in [0.717, 1.165) is 37.9 Å². The van der Waals surface area contributed by atoms with Crippen molar-refractivity contribution in [1.29, 1.82) is 0 Å². The Morgan fingerprint density at radius 1 is 0.604 bits per heavy atom. The fraction of sp³-hybridized carbons (Fsp3) is 0.848. The number of ether oxygens (including phenoxy) is 4. The Morgan fingerprint density at radius 2 is 1.04 bits per heavy atom. The summed E-state index contributed by atoms with van der Waals surface area (Å²) in [6.07, 6.45) is 14.6. The molecule has 0 atom stereocenters. The quantitative estimate of drug-likeness (QED) is 0.0435. The van der Waals surface area contributed by atoms with Crippen molar-refractivity contribution in [2.45, 2.75) is 109 Å². The summed E-state index contributed by atoms with van der Waals surface area (Å²) in [6, 6.07) is 0. The monoisotopic (exact) mass is 754 g/mol. The van der Waals surface area contributed by atoms with Crippen LogP contribution in [0.4, 0.5) is 4.79 Å². The molecule has 1 aliphatic carbocycles. The lowest BCUT2D eigenvalue weighted by molar-refractivity contribution is -0.166. The third-order valence-corrected chi connectivity index (χ3v) is 9.54. The van der Waals surface area contributed by atoms with E-state index in [2.05, 4.69) is 48.5 Å². The summed E-state index contributed by atoms with van der Waals surface area (Å²) in [5.74, 6) is -0.283. The predicted molar refractivity (Wildman–Crippen MR) is 199 cm³/mol. The maximum Gasteiger partial charge on any atom is 0.407 e. The Morgan fingerprint density at radius 3 is 1.48 bits per heavy atom. The molecule has 0 aliphatic heterocycles. The molecular weight excluding hydrogens is 697 g/mol. The molecule has 0 aromatic rings. The van der Waals surface area contributed by atoms with Gasteiger partial charge in [0.1, 0.15) is 25.9 Å². The first kappa shape index (κ1) is 44.6. The third-order valence-electron chi connectivity index (χ3n) is 7.80. The minimum Gasteiger partial charge on any atom is -0.464 e. The summed E-state index contributed by atoms with van der Waals surface area (Å²) in [5.41, 5.74) is -1.65. The Balaban J connectivity index is 2.55. The molecule has 15 heteroatoms. The topological polar surface area (TPSA) is 146 Å². The number of thiol groups is 3. The number of nitrogens with one attached hydrogen (secondary N) is 2. The molecular formula is C33H58N2O9S4. The zero-order valence-corrected chi connectivity index (χ0v) is 31.9. The summed E-state index contributed by atoms with van der Waals surface area (Å²) >= 11 is 13.7. The van der Waals surface area contributed by atoms with Crippen LogP contribution in [0, 0.1) is 5.41 Å². The van der Waals surface area contributed by atoms with Gasteiger partial charge in [0.2, 0.25) is 5.91 Å². The van der Waals surface area contributed by atoms with Crippen molar-refractivity contribution in [3.63, 3.8) is 0 Å². The largest absolute Gasteiger partial charge is 0.464 e. The number of thioether (sulfide) groups is 1. The van der Waals surface area contributed by atoms with Crippen molar-refractivity contribution in [3.8, 4) is 0 Å². The summed E-state index contributed by atoms with van der Waals surface area (Å²) in [5, 5.41) is 5.67. The van der Waals surface area contributed by atoms with Crippen LogP contribution in [0.25, 0.3) is 0 Å². The van der Waals surface area contributed by atoms with E-state index in [1.165, 1.54) is 51.4 Å². The minimum absolute atomic E-state index is 0.0174. The highest BCUT2D eigenvalue weighted by Gasteiger charge is 2.43. The van der Waals surface area contributed by atoms with Crippen molar-refractivity contribution in [2.24, 2.45) is 5.41 Å². The molecule has 0 spiro atoms. The van der Waals surface area contributed by atoms with Crippen molar-refractivity contribution < 1.29 is 42.9 Å². The number of esters is 3. The minimum atomic E-state index is -1.65. The normalized spacial score (nSPS) is 15.1. The van der Waals surface area contributed by atoms with Crippen LogP contribution >= 0.6 is 49.6 Å². The molecule has 11 nitrogen and oxygen atoms in total. The van der Waals surface area contributed by atoms with Crippen LogP contribution in [0.2, 0.25) is 0 Å². The van der Waals surface area contributed by atoms with Gasteiger partial charge in [0.05, 0.1) is 19.3 Å². The molecule has 1 aliphatic rings. The Hall–Kier alpha value is -1.45. The van der Waals surface area contributed by atoms with Gasteiger partial charge in [-0.15, -0.1) is 0 Å². The fourth-order valence-electron chi connectivity index (χ4n) is 4.97. The molecule has 0 aromatic heterocycles. The lowest BCUT2D eigenvalue weighted by atomic mass is 9.89. The molecule has 1 fully saturated rings. The van der Waals surface area contributed by atoms with E-state index in [4.69, 9.17) is 18.9 Å². The standard InChI is InChI=1S/C33H58N2O9S4/c36-28(14-19-45)41-24-33(25-42-29(37)15-20-46,26-43-30(38)16-21-47)31(39)34-18-23-48-22-11-17-35-32(40)44-27-12-9-7-5-3-1-2-4-6-8-10-13-27/h27,45-47H,1-26H2,(H,34,39)(H,35,40). The van der Waals surface area contributed by atoms with Crippen molar-refractivity contribution in [2.75, 3.05) is 61.7 Å². The van der Waals surface area contributed by atoms with Gasteiger partial charge in [-0.25, -0.2) is 4.79 Å². The van der Waals surface area contributed by atoms with Gasteiger partial charge in [-0.05, 0) is 37.9 Å². The van der Waals surface area contributed by atoms with Crippen molar-refractivity contribution in [1.82, 2.24) is 10.6 Å². The fourth-order valence-corrected chi connectivity index (χ4v) is 6.32. The first-order valence-electron chi connectivity index (χ1n) is 17.4. The van der Waals surface area contributed by atoms with Crippen LogP contribution in [-0.2, 0) is 38.1 Å². The highest BCUT2D eigenvalue weighted by atomic mass is 32.2. The Labute approximate surface area is 307 Å². The molecule has 0 radical (unpaired) electrons. The van der Waals surface area contributed by atoms with Gasteiger partial charge in [-0.2, -0.15) is 49.6 Å². The molecule has 1 saturated carbocycles. The molecule has 48 heavy (non-hydrogen) atoms. The zero-order valence-electron chi connectivity index (χ0n) is 28.4. The summed E-state index contributed by atoms with van der Waals surface area (Å²) in [7, 11) is 0. The van der Waals surface area contributed by atoms with Crippen molar-refractivity contribution in [3.05, 3.63) is 0 Å². The first-order valence-corrected chi connectivity index (χ1v) is 20.4. The molecule has 0 bridgehead atoms. The molecule has 0 aromatic carbocycles. The molecule has 2 N–H and O–H groups in total. The summed E-state index contributed by atoms with van der Waals surface area (Å²) in [6.45, 7) is -0.611. The number of amides is 2. The Bertz CT molecular complexity index is 860. The van der Waals surface area contributed by atoms with Gasteiger partial charge >= 0.3 is 24.0 Å². The van der Waals surface area contributed by atoms with Crippen LogP contribution in [0.15, 0.2) is 0 Å². The van der Waals surface area contributed by atoms with Gasteiger partial charge in [-0.3, -0.25) is 19.2 Å². The highest BCUT2D eigenvalue weighted by Crippen LogP contribution is 2.23. The van der Waals surface area contributed by atoms with Gasteiger partial charge in [0, 0.05) is 36.1 Å². The second-order valence-corrected chi connectivity index (χ2v) is 14.5. The van der Waals surface area contributed by atoms with E-state index in [-0.39, 0.29) is 55.3 Å². The molecule has 0 unspecified atom stereocenters. The SMILES string of the molecule is O=C(CCS)OCC(COC(=O)CCS)(COC(=O)CCS)C(=O)NCCSCCCNC(=O)OC1CCCCCCCCCCCC1. The lowest BCUT2D eigenvalue weighted by Gasteiger charge is -2.31. The van der Waals surface area contributed by atoms with E-state index in [9.17, 15) is 24.0 Å². The smallest absolute Gasteiger partial charge is 0.407 e. The summed E-state index contributed by atoms with van der Waals surface area (Å²) in [4.78, 5) is 62.3. The number of hydrogen-bond donors (Lipinski definition) is 5. The molecule has 278 valence electrons. The van der Waals surface area contributed by atoms with Crippen LogP contribution in [0.3, 0.4) is 0 Å². The van der Waals surface area contributed by atoms with Crippen molar-refractivity contribution >= 4 is 79.6 Å². The number of rotatable bonds is 21. The maximum absolute atomic E-state index is 13.5. The summed E-state index contributed by atoms with van der Waals surface area (Å²) < 4.78 is 21.7.